The van der Waals surface area contributed by atoms with Crippen LogP contribution < -0.4 is 10.6 Å². The maximum absolute atomic E-state index is 12.1. The van der Waals surface area contributed by atoms with Crippen molar-refractivity contribution in [1.82, 2.24) is 15.3 Å². The molecule has 3 rings (SSSR count). The summed E-state index contributed by atoms with van der Waals surface area (Å²) in [6.45, 7) is 1.08. The Hall–Kier alpha value is -2.73. The zero-order valence-electron chi connectivity index (χ0n) is 12.4. The number of carbonyl (C=O) groups excluding carboxylic acids is 1. The van der Waals surface area contributed by atoms with E-state index in [-0.39, 0.29) is 5.91 Å². The highest BCUT2D eigenvalue weighted by Crippen LogP contribution is 2.16. The Kier molecular flexibility index (Phi) is 4.95. The van der Waals surface area contributed by atoms with Crippen LogP contribution in [0.1, 0.15) is 21.7 Å². The van der Waals surface area contributed by atoms with Crippen LogP contribution in [-0.2, 0) is 13.1 Å². The summed E-state index contributed by atoms with van der Waals surface area (Å²) < 4.78 is 0. The van der Waals surface area contributed by atoms with Crippen molar-refractivity contribution in [2.75, 3.05) is 5.32 Å². The largest absolute Gasteiger partial charge is 0.357 e. The van der Waals surface area contributed by atoms with Gasteiger partial charge in [-0.3, -0.25) is 9.78 Å². The van der Waals surface area contributed by atoms with Crippen molar-refractivity contribution < 1.29 is 4.79 Å². The molecular formula is C17H16N4OS. The van der Waals surface area contributed by atoms with Gasteiger partial charge in [0, 0.05) is 18.1 Å². The quantitative estimate of drug-likeness (QED) is 0.731. The molecule has 0 aliphatic heterocycles. The Morgan fingerprint density at radius 1 is 1.04 bits per heavy atom. The van der Waals surface area contributed by atoms with E-state index in [2.05, 4.69) is 20.6 Å². The summed E-state index contributed by atoms with van der Waals surface area (Å²) in [5.41, 5.74) is 2.41. The molecule has 0 unspecified atom stereocenters. The number of amides is 1. The third-order valence-electron chi connectivity index (χ3n) is 3.18. The molecule has 0 radical (unpaired) electrons. The lowest BCUT2D eigenvalue weighted by atomic mass is 10.2. The van der Waals surface area contributed by atoms with Crippen molar-refractivity contribution in [3.63, 3.8) is 0 Å². The van der Waals surface area contributed by atoms with Crippen molar-refractivity contribution in [3.8, 4) is 0 Å². The highest BCUT2D eigenvalue weighted by Gasteiger charge is 2.10. The van der Waals surface area contributed by atoms with E-state index in [9.17, 15) is 4.79 Å². The van der Waals surface area contributed by atoms with E-state index < -0.39 is 0 Å². The lowest BCUT2D eigenvalue weighted by molar-refractivity contribution is 0.0946. The third-order valence-corrected chi connectivity index (χ3v) is 3.98. The van der Waals surface area contributed by atoms with Crippen molar-refractivity contribution in [3.05, 3.63) is 77.1 Å². The van der Waals surface area contributed by atoms with Gasteiger partial charge < -0.3 is 10.6 Å². The van der Waals surface area contributed by atoms with Gasteiger partial charge in [0.25, 0.3) is 5.91 Å². The lowest BCUT2D eigenvalue weighted by Gasteiger charge is -2.03. The number of nitrogens with one attached hydrogen (secondary N) is 2. The van der Waals surface area contributed by atoms with Gasteiger partial charge in [0.15, 0.2) is 5.13 Å². The zero-order chi connectivity index (χ0) is 15.9. The van der Waals surface area contributed by atoms with E-state index >= 15 is 0 Å². The number of rotatable bonds is 6. The van der Waals surface area contributed by atoms with Crippen LogP contribution in [0.3, 0.4) is 0 Å². The lowest BCUT2D eigenvalue weighted by Crippen LogP contribution is -2.23. The molecule has 0 spiro atoms. The van der Waals surface area contributed by atoms with Crippen LogP contribution in [0.4, 0.5) is 5.13 Å². The van der Waals surface area contributed by atoms with Gasteiger partial charge >= 0.3 is 0 Å². The normalized spacial score (nSPS) is 10.3. The molecular weight excluding hydrogens is 308 g/mol. The standard InChI is InChI=1S/C17H16N4OS/c22-16(19-11-14-8-4-5-9-18-14)15-12-23-17(21-15)20-10-13-6-2-1-3-7-13/h1-9,12H,10-11H2,(H,19,22)(H,20,21). The van der Waals surface area contributed by atoms with E-state index in [4.69, 9.17) is 0 Å². The number of aromatic nitrogens is 2. The summed E-state index contributed by atoms with van der Waals surface area (Å²) in [4.78, 5) is 20.6. The molecule has 0 saturated heterocycles. The first-order valence-corrected chi connectivity index (χ1v) is 8.10. The predicted octanol–water partition coefficient (Wildman–Crippen LogP) is 3.08. The van der Waals surface area contributed by atoms with Gasteiger partial charge in [-0.1, -0.05) is 36.4 Å². The minimum Gasteiger partial charge on any atom is -0.357 e. The maximum Gasteiger partial charge on any atom is 0.271 e. The Balaban J connectivity index is 1.53. The van der Waals surface area contributed by atoms with E-state index in [1.807, 2.05) is 48.5 Å². The first kappa shape index (κ1) is 15.2. The molecule has 0 fully saturated rings. The van der Waals surface area contributed by atoms with Crippen LogP contribution in [0.5, 0.6) is 0 Å². The topological polar surface area (TPSA) is 66.9 Å². The smallest absolute Gasteiger partial charge is 0.271 e. The Labute approximate surface area is 138 Å². The molecule has 0 aliphatic rings. The SMILES string of the molecule is O=C(NCc1ccccn1)c1csc(NCc2ccccc2)n1. The van der Waals surface area contributed by atoms with Crippen LogP contribution in [0.2, 0.25) is 0 Å². The van der Waals surface area contributed by atoms with E-state index in [0.29, 0.717) is 18.8 Å². The zero-order valence-corrected chi connectivity index (χ0v) is 13.2. The van der Waals surface area contributed by atoms with Crippen LogP contribution in [0, 0.1) is 0 Å². The molecule has 6 heteroatoms. The fourth-order valence-corrected chi connectivity index (χ4v) is 2.69. The molecule has 0 aliphatic carbocycles. The maximum atomic E-state index is 12.1. The molecule has 0 bridgehead atoms. The van der Waals surface area contributed by atoms with Crippen molar-refractivity contribution in [1.29, 1.82) is 0 Å². The number of anilines is 1. The molecule has 116 valence electrons. The van der Waals surface area contributed by atoms with Crippen molar-refractivity contribution >= 4 is 22.4 Å². The van der Waals surface area contributed by atoms with Gasteiger partial charge in [0.2, 0.25) is 0 Å². The molecule has 5 nitrogen and oxygen atoms in total. The number of carbonyl (C=O) groups is 1. The second-order valence-corrected chi connectivity index (χ2v) is 5.74. The summed E-state index contributed by atoms with van der Waals surface area (Å²) in [6.07, 6.45) is 1.70. The molecule has 0 atom stereocenters. The predicted molar refractivity (Wildman–Crippen MR) is 91.3 cm³/mol. The summed E-state index contributed by atoms with van der Waals surface area (Å²) in [5, 5.41) is 8.53. The van der Waals surface area contributed by atoms with Crippen LogP contribution in [0.15, 0.2) is 60.1 Å². The van der Waals surface area contributed by atoms with Crippen molar-refractivity contribution in [2.45, 2.75) is 13.1 Å². The number of thiazole rings is 1. The number of hydrogen-bond acceptors (Lipinski definition) is 5. The average molecular weight is 324 g/mol. The molecule has 1 amide bonds. The summed E-state index contributed by atoms with van der Waals surface area (Å²) in [6, 6.07) is 15.7. The minimum atomic E-state index is -0.195. The van der Waals surface area contributed by atoms with Gasteiger partial charge in [-0.25, -0.2) is 4.98 Å². The van der Waals surface area contributed by atoms with Gasteiger partial charge in [0.1, 0.15) is 5.69 Å². The summed E-state index contributed by atoms with van der Waals surface area (Å²) in [5.74, 6) is -0.195. The molecule has 2 heterocycles. The average Bonchev–Trinajstić information content (AvgIpc) is 3.09. The van der Waals surface area contributed by atoms with Gasteiger partial charge in [-0.2, -0.15) is 0 Å². The fourth-order valence-electron chi connectivity index (χ4n) is 2.00. The highest BCUT2D eigenvalue weighted by molar-refractivity contribution is 7.13. The molecule has 3 aromatic rings. The molecule has 23 heavy (non-hydrogen) atoms. The Bertz CT molecular complexity index is 759. The highest BCUT2D eigenvalue weighted by atomic mass is 32.1. The van der Waals surface area contributed by atoms with Gasteiger partial charge in [-0.05, 0) is 17.7 Å². The van der Waals surface area contributed by atoms with E-state index in [0.717, 1.165) is 10.8 Å². The monoisotopic (exact) mass is 324 g/mol. The van der Waals surface area contributed by atoms with Crippen LogP contribution in [0.25, 0.3) is 0 Å². The first-order chi connectivity index (χ1) is 11.3. The number of hydrogen-bond donors (Lipinski definition) is 2. The summed E-state index contributed by atoms with van der Waals surface area (Å²) in [7, 11) is 0. The Morgan fingerprint density at radius 2 is 1.87 bits per heavy atom. The van der Waals surface area contributed by atoms with E-state index in [1.165, 1.54) is 16.9 Å². The molecule has 2 N–H and O–H groups in total. The van der Waals surface area contributed by atoms with Crippen molar-refractivity contribution in [2.24, 2.45) is 0 Å². The van der Waals surface area contributed by atoms with E-state index in [1.54, 1.807) is 11.6 Å². The third kappa shape index (κ3) is 4.37. The Morgan fingerprint density at radius 3 is 2.65 bits per heavy atom. The second-order valence-electron chi connectivity index (χ2n) is 4.88. The first-order valence-electron chi connectivity index (χ1n) is 7.23. The summed E-state index contributed by atoms with van der Waals surface area (Å²) >= 11 is 1.42. The molecule has 1 aromatic carbocycles. The van der Waals surface area contributed by atoms with Crippen LogP contribution in [-0.4, -0.2) is 15.9 Å². The fraction of sp³-hybridized carbons (Fsp3) is 0.118. The van der Waals surface area contributed by atoms with Gasteiger partial charge in [0.05, 0.1) is 12.2 Å². The molecule has 2 aromatic heterocycles. The van der Waals surface area contributed by atoms with Crippen LogP contribution >= 0.6 is 11.3 Å². The second kappa shape index (κ2) is 7.51. The number of nitrogens with zero attached hydrogens (tertiary/aromatic N) is 2. The van der Waals surface area contributed by atoms with Gasteiger partial charge in [-0.15, -0.1) is 11.3 Å². The molecule has 0 saturated carbocycles. The number of pyridine rings is 1. The minimum absolute atomic E-state index is 0.195. The number of benzene rings is 1.